The number of methoxy groups -OCH3 is 1. The van der Waals surface area contributed by atoms with E-state index in [-0.39, 0.29) is 11.5 Å². The molecule has 0 unspecified atom stereocenters. The molecule has 1 aliphatic rings. The van der Waals surface area contributed by atoms with Crippen LogP contribution in [0, 0.1) is 0 Å². The average molecular weight is 377 g/mol. The van der Waals surface area contributed by atoms with Crippen molar-refractivity contribution in [2.24, 2.45) is 0 Å². The van der Waals surface area contributed by atoms with Crippen LogP contribution >= 0.6 is 23.5 Å². The van der Waals surface area contributed by atoms with Gasteiger partial charge in [-0.05, 0) is 18.6 Å². The first-order valence-electron chi connectivity index (χ1n) is 8.17. The lowest BCUT2D eigenvalue weighted by Crippen LogP contribution is -2.26. The van der Waals surface area contributed by atoms with Crippen LogP contribution in [-0.2, 0) is 16.0 Å². The topological polar surface area (TPSA) is 61.2 Å². The van der Waals surface area contributed by atoms with Gasteiger partial charge < -0.3 is 4.74 Å². The van der Waals surface area contributed by atoms with Crippen LogP contribution < -0.4 is 5.56 Å². The second-order valence-corrected chi connectivity index (χ2v) is 8.44. The average Bonchev–Trinajstić information content (AvgIpc) is 3.00. The largest absolute Gasteiger partial charge is 0.468 e. The Hall–Kier alpha value is -1.73. The van der Waals surface area contributed by atoms with Gasteiger partial charge >= 0.3 is 5.97 Å². The van der Waals surface area contributed by atoms with Crippen LogP contribution in [0.3, 0.4) is 0 Å². The van der Waals surface area contributed by atoms with Gasteiger partial charge in [0.15, 0.2) is 5.16 Å². The summed E-state index contributed by atoms with van der Waals surface area (Å²) in [7, 11) is 1.38. The number of ether oxygens (including phenoxy) is 1. The quantitative estimate of drug-likeness (QED) is 0.453. The highest BCUT2D eigenvalue weighted by molar-refractivity contribution is 8.00. The van der Waals surface area contributed by atoms with E-state index in [9.17, 15) is 9.59 Å². The van der Waals surface area contributed by atoms with Crippen molar-refractivity contribution in [3.8, 4) is 5.69 Å². The number of rotatable bonds is 5. The van der Waals surface area contributed by atoms with Gasteiger partial charge in [-0.25, -0.2) is 4.98 Å². The van der Waals surface area contributed by atoms with Crippen molar-refractivity contribution in [2.45, 2.75) is 47.2 Å². The number of benzene rings is 1. The minimum Gasteiger partial charge on any atom is -0.468 e. The molecule has 7 heteroatoms. The molecule has 2 aromatic rings. The molecule has 0 spiro atoms. The Morgan fingerprint density at radius 1 is 1.44 bits per heavy atom. The maximum absolute atomic E-state index is 13.1. The molecule has 2 atom stereocenters. The molecule has 1 aromatic carbocycles. The van der Waals surface area contributed by atoms with Gasteiger partial charge in [0, 0.05) is 11.7 Å². The van der Waals surface area contributed by atoms with Crippen molar-refractivity contribution >= 4 is 29.5 Å². The first-order valence-corrected chi connectivity index (χ1v) is 9.93. The van der Waals surface area contributed by atoms with Crippen LogP contribution in [0.1, 0.15) is 26.0 Å². The lowest BCUT2D eigenvalue weighted by atomic mass is 10.2. The Labute approximate surface area is 155 Å². The molecule has 0 radical (unpaired) electrons. The molecule has 0 saturated heterocycles. The van der Waals surface area contributed by atoms with Crippen LogP contribution in [-0.4, -0.2) is 33.1 Å². The number of thioether (sulfide) groups is 2. The molecule has 0 bridgehead atoms. The summed E-state index contributed by atoms with van der Waals surface area (Å²) in [6, 6.07) is 9.43. The molecule has 5 nitrogen and oxygen atoms in total. The summed E-state index contributed by atoms with van der Waals surface area (Å²) >= 11 is 2.87. The molecular formula is C18H20N2O3S2. The minimum absolute atomic E-state index is 0.0623. The van der Waals surface area contributed by atoms with E-state index in [0.29, 0.717) is 21.7 Å². The van der Waals surface area contributed by atoms with Crippen LogP contribution in [0.15, 0.2) is 45.2 Å². The zero-order valence-electron chi connectivity index (χ0n) is 14.4. The number of carbonyl (C=O) groups excluding carboxylic acids is 1. The van der Waals surface area contributed by atoms with Gasteiger partial charge in [0.1, 0.15) is 5.25 Å². The summed E-state index contributed by atoms with van der Waals surface area (Å²) < 4.78 is 6.49. The number of carbonyl (C=O) groups is 1. The Morgan fingerprint density at radius 3 is 2.80 bits per heavy atom. The van der Waals surface area contributed by atoms with E-state index >= 15 is 0 Å². The number of para-hydroxylation sites is 1. The smallest absolute Gasteiger partial charge is 0.319 e. The Morgan fingerprint density at radius 2 is 2.16 bits per heavy atom. The molecule has 1 aromatic heterocycles. The highest BCUT2D eigenvalue weighted by atomic mass is 32.2. The summed E-state index contributed by atoms with van der Waals surface area (Å²) in [6.45, 7) is 4.01. The first-order chi connectivity index (χ1) is 12.0. The predicted molar refractivity (Wildman–Crippen MR) is 101 cm³/mol. The predicted octanol–water partition coefficient (Wildman–Crippen LogP) is 3.31. The van der Waals surface area contributed by atoms with E-state index in [0.717, 1.165) is 17.8 Å². The molecule has 1 aliphatic heterocycles. The van der Waals surface area contributed by atoms with Crippen LogP contribution in [0.2, 0.25) is 0 Å². The lowest BCUT2D eigenvalue weighted by Gasteiger charge is -2.17. The molecule has 25 heavy (non-hydrogen) atoms. The van der Waals surface area contributed by atoms with Crippen molar-refractivity contribution in [3.63, 3.8) is 0 Å². The third-order valence-electron chi connectivity index (χ3n) is 3.98. The summed E-state index contributed by atoms with van der Waals surface area (Å²) in [6.07, 6.45) is 1.37. The molecular weight excluding hydrogens is 356 g/mol. The van der Waals surface area contributed by atoms with E-state index in [2.05, 4.69) is 6.92 Å². The van der Waals surface area contributed by atoms with Crippen molar-refractivity contribution < 1.29 is 9.53 Å². The van der Waals surface area contributed by atoms with Gasteiger partial charge in [-0.3, -0.25) is 14.2 Å². The summed E-state index contributed by atoms with van der Waals surface area (Å²) in [4.78, 5) is 30.6. The van der Waals surface area contributed by atoms with E-state index in [1.807, 2.05) is 37.3 Å². The van der Waals surface area contributed by atoms with Gasteiger partial charge in [0.05, 0.1) is 23.4 Å². The van der Waals surface area contributed by atoms with Gasteiger partial charge in [0.25, 0.3) is 5.56 Å². The Balaban J connectivity index is 2.13. The highest BCUT2D eigenvalue weighted by Gasteiger charge is 2.29. The van der Waals surface area contributed by atoms with Crippen molar-refractivity contribution in [1.82, 2.24) is 9.55 Å². The fourth-order valence-corrected chi connectivity index (χ4v) is 4.91. The van der Waals surface area contributed by atoms with Gasteiger partial charge in [-0.2, -0.15) is 0 Å². The first kappa shape index (κ1) is 18.1. The van der Waals surface area contributed by atoms with Crippen LogP contribution in [0.5, 0.6) is 0 Å². The normalized spacial score (nSPS) is 17.2. The Bertz CT molecular complexity index is 836. The number of hydrogen-bond acceptors (Lipinski definition) is 6. The highest BCUT2D eigenvalue weighted by Crippen LogP contribution is 2.35. The van der Waals surface area contributed by atoms with Gasteiger partial charge in [0.2, 0.25) is 0 Å². The third-order valence-corrected chi connectivity index (χ3v) is 6.49. The zero-order valence-corrected chi connectivity index (χ0v) is 16.0. The zero-order chi connectivity index (χ0) is 18.0. The maximum Gasteiger partial charge on any atom is 0.319 e. The fourth-order valence-electron chi connectivity index (χ4n) is 2.74. The maximum atomic E-state index is 13.1. The second-order valence-electron chi connectivity index (χ2n) is 5.82. The molecule has 132 valence electrons. The molecule has 0 N–H and O–H groups in total. The van der Waals surface area contributed by atoms with Gasteiger partial charge in [-0.1, -0.05) is 43.8 Å². The van der Waals surface area contributed by atoms with Crippen LogP contribution in [0.25, 0.3) is 5.69 Å². The van der Waals surface area contributed by atoms with Crippen molar-refractivity contribution in [3.05, 3.63) is 46.4 Å². The fraction of sp³-hybridized carbons (Fsp3) is 0.389. The molecule has 0 saturated carbocycles. The summed E-state index contributed by atoms with van der Waals surface area (Å²) in [5, 5.41) is 0.487. The third kappa shape index (κ3) is 3.62. The van der Waals surface area contributed by atoms with E-state index in [1.165, 1.54) is 18.9 Å². The second kappa shape index (κ2) is 7.66. The standard InChI is InChI=1S/C18H20N2O3S2/c1-4-14(17(22)23-3)25-18-19-13-10-11(2)24-15(13)16(21)20(18)12-8-6-5-7-9-12/h5-9,11,14H,4,10H2,1-3H3/t11-,14-/m1/s1. The molecule has 0 fully saturated rings. The minimum atomic E-state index is -0.392. The Kier molecular flexibility index (Phi) is 5.54. The van der Waals surface area contributed by atoms with Crippen LogP contribution in [0.4, 0.5) is 0 Å². The summed E-state index contributed by atoms with van der Waals surface area (Å²) in [5.74, 6) is -0.301. The van der Waals surface area contributed by atoms with E-state index in [1.54, 1.807) is 16.3 Å². The van der Waals surface area contributed by atoms with Gasteiger partial charge in [-0.15, -0.1) is 11.8 Å². The molecule has 3 rings (SSSR count). The molecule has 0 amide bonds. The number of esters is 1. The van der Waals surface area contributed by atoms with E-state index < -0.39 is 5.25 Å². The lowest BCUT2D eigenvalue weighted by molar-refractivity contribution is -0.140. The molecule has 0 aliphatic carbocycles. The molecule has 2 heterocycles. The van der Waals surface area contributed by atoms with Crippen molar-refractivity contribution in [1.29, 1.82) is 0 Å². The number of fused-ring (bicyclic) bond motifs is 1. The summed E-state index contributed by atoms with van der Waals surface area (Å²) in [5.41, 5.74) is 1.52. The van der Waals surface area contributed by atoms with E-state index in [4.69, 9.17) is 9.72 Å². The van der Waals surface area contributed by atoms with Crippen molar-refractivity contribution in [2.75, 3.05) is 7.11 Å². The number of hydrogen-bond donors (Lipinski definition) is 0. The monoisotopic (exact) mass is 376 g/mol. The number of aromatic nitrogens is 2. The number of nitrogens with zero attached hydrogens (tertiary/aromatic N) is 2. The SMILES string of the molecule is CC[C@@H](Sc1nc2c(c(=O)n1-c1ccccc1)S[C@H](C)C2)C(=O)OC.